The van der Waals surface area contributed by atoms with Gasteiger partial charge in [0.15, 0.2) is 0 Å². The van der Waals surface area contributed by atoms with Crippen LogP contribution in [0.3, 0.4) is 0 Å². The van der Waals surface area contributed by atoms with E-state index in [0.717, 1.165) is 28.0 Å². The van der Waals surface area contributed by atoms with Gasteiger partial charge >= 0.3 is 0 Å². The van der Waals surface area contributed by atoms with Gasteiger partial charge in [-0.2, -0.15) is 0 Å². The van der Waals surface area contributed by atoms with Crippen LogP contribution in [0.1, 0.15) is 27.1 Å². The van der Waals surface area contributed by atoms with Gasteiger partial charge < -0.3 is 4.74 Å². The minimum absolute atomic E-state index is 0.0733. The highest BCUT2D eigenvalue weighted by atomic mass is 79.9. The summed E-state index contributed by atoms with van der Waals surface area (Å²) < 4.78 is 19.5. The maximum atomic E-state index is 13.6. The van der Waals surface area contributed by atoms with Gasteiger partial charge in [0.25, 0.3) is 0 Å². The summed E-state index contributed by atoms with van der Waals surface area (Å²) in [5, 5.41) is 0. The zero-order valence-corrected chi connectivity index (χ0v) is 14.7. The van der Waals surface area contributed by atoms with Crippen LogP contribution in [-0.2, 0) is 0 Å². The van der Waals surface area contributed by atoms with E-state index in [1.165, 1.54) is 6.07 Å². The zero-order valence-electron chi connectivity index (χ0n) is 11.5. The molecular formula is C16H15Br2FO. The molecule has 1 nitrogen and oxygen atoms in total. The standard InChI is InChI=1S/C16H15Br2FO/c1-9-7-11(8-10(2)16(9)20-3)14(17)12-5-4-6-13(19)15(12)18/h4-8,14H,1-3H3. The Morgan fingerprint density at radius 3 is 2.30 bits per heavy atom. The molecule has 2 rings (SSSR count). The Balaban J connectivity index is 2.49. The van der Waals surface area contributed by atoms with Gasteiger partial charge in [-0.25, -0.2) is 4.39 Å². The molecule has 0 radical (unpaired) electrons. The molecule has 0 heterocycles. The molecule has 0 amide bonds. The van der Waals surface area contributed by atoms with Gasteiger partial charge in [0.1, 0.15) is 11.6 Å². The maximum Gasteiger partial charge on any atom is 0.137 e. The fourth-order valence-electron chi connectivity index (χ4n) is 2.35. The number of halogens is 3. The second-order valence-electron chi connectivity index (χ2n) is 4.69. The fraction of sp³-hybridized carbons (Fsp3) is 0.250. The molecule has 0 saturated heterocycles. The van der Waals surface area contributed by atoms with Crippen molar-refractivity contribution in [2.24, 2.45) is 0 Å². The van der Waals surface area contributed by atoms with Crippen molar-refractivity contribution < 1.29 is 9.13 Å². The number of hydrogen-bond acceptors (Lipinski definition) is 1. The number of hydrogen-bond donors (Lipinski definition) is 0. The molecule has 2 aromatic rings. The van der Waals surface area contributed by atoms with Crippen molar-refractivity contribution in [3.8, 4) is 5.75 Å². The van der Waals surface area contributed by atoms with Crippen LogP contribution in [0.25, 0.3) is 0 Å². The van der Waals surface area contributed by atoms with Crippen LogP contribution in [0.15, 0.2) is 34.8 Å². The highest BCUT2D eigenvalue weighted by Crippen LogP contribution is 2.38. The van der Waals surface area contributed by atoms with E-state index in [2.05, 4.69) is 44.0 Å². The second kappa shape index (κ2) is 6.27. The number of aryl methyl sites for hydroxylation is 2. The number of methoxy groups -OCH3 is 1. The van der Waals surface area contributed by atoms with Crippen molar-refractivity contribution in [1.82, 2.24) is 0 Å². The minimum Gasteiger partial charge on any atom is -0.496 e. The van der Waals surface area contributed by atoms with E-state index >= 15 is 0 Å². The zero-order chi connectivity index (χ0) is 14.9. The summed E-state index contributed by atoms with van der Waals surface area (Å²) in [4.78, 5) is -0.0733. The van der Waals surface area contributed by atoms with Crippen LogP contribution in [0.2, 0.25) is 0 Å². The highest BCUT2D eigenvalue weighted by molar-refractivity contribution is 9.11. The summed E-state index contributed by atoms with van der Waals surface area (Å²) in [6, 6.07) is 9.18. The molecular weight excluding hydrogens is 387 g/mol. The summed E-state index contributed by atoms with van der Waals surface area (Å²) in [6.07, 6.45) is 0. The Kier molecular flexibility index (Phi) is 4.86. The Morgan fingerprint density at radius 2 is 1.75 bits per heavy atom. The lowest BCUT2D eigenvalue weighted by atomic mass is 9.99. The smallest absolute Gasteiger partial charge is 0.137 e. The van der Waals surface area contributed by atoms with Crippen molar-refractivity contribution in [1.29, 1.82) is 0 Å². The molecule has 0 N–H and O–H groups in total. The molecule has 0 aliphatic heterocycles. The lowest BCUT2D eigenvalue weighted by Crippen LogP contribution is -1.99. The normalized spacial score (nSPS) is 12.3. The predicted octanol–water partition coefficient (Wildman–Crippen LogP) is 5.70. The van der Waals surface area contributed by atoms with Crippen LogP contribution in [0.4, 0.5) is 4.39 Å². The summed E-state index contributed by atoms with van der Waals surface area (Å²) in [7, 11) is 1.67. The van der Waals surface area contributed by atoms with Crippen LogP contribution >= 0.6 is 31.9 Å². The van der Waals surface area contributed by atoms with Crippen LogP contribution in [0.5, 0.6) is 5.75 Å². The van der Waals surface area contributed by atoms with Crippen molar-refractivity contribution in [2.75, 3.05) is 7.11 Å². The van der Waals surface area contributed by atoms with E-state index < -0.39 is 0 Å². The molecule has 2 aromatic carbocycles. The van der Waals surface area contributed by atoms with Gasteiger partial charge in [-0.05, 0) is 58.1 Å². The van der Waals surface area contributed by atoms with E-state index in [-0.39, 0.29) is 10.6 Å². The summed E-state index contributed by atoms with van der Waals surface area (Å²) in [6.45, 7) is 4.02. The van der Waals surface area contributed by atoms with Crippen molar-refractivity contribution in [2.45, 2.75) is 18.7 Å². The van der Waals surface area contributed by atoms with Gasteiger partial charge in [0.05, 0.1) is 16.4 Å². The third kappa shape index (κ3) is 2.91. The molecule has 0 saturated carbocycles. The Bertz CT molecular complexity index is 617. The molecule has 0 aliphatic rings. The Hall–Kier alpha value is -0.870. The van der Waals surface area contributed by atoms with Gasteiger partial charge in [-0.1, -0.05) is 40.2 Å². The van der Waals surface area contributed by atoms with Crippen LogP contribution in [-0.4, -0.2) is 7.11 Å². The number of alkyl halides is 1. The third-order valence-electron chi connectivity index (χ3n) is 3.23. The van der Waals surface area contributed by atoms with E-state index in [1.807, 2.05) is 19.9 Å². The summed E-state index contributed by atoms with van der Waals surface area (Å²) >= 11 is 6.97. The summed E-state index contributed by atoms with van der Waals surface area (Å²) in [5.41, 5.74) is 4.08. The first kappa shape index (κ1) is 15.5. The number of rotatable bonds is 3. The first-order valence-corrected chi connectivity index (χ1v) is 7.89. The largest absolute Gasteiger partial charge is 0.496 e. The lowest BCUT2D eigenvalue weighted by Gasteiger charge is -2.17. The van der Waals surface area contributed by atoms with E-state index in [0.29, 0.717) is 4.47 Å². The van der Waals surface area contributed by atoms with Gasteiger partial charge in [0.2, 0.25) is 0 Å². The number of benzene rings is 2. The van der Waals surface area contributed by atoms with Crippen molar-refractivity contribution in [3.63, 3.8) is 0 Å². The van der Waals surface area contributed by atoms with Gasteiger partial charge in [-0.3, -0.25) is 0 Å². The molecule has 0 bridgehead atoms. The highest BCUT2D eigenvalue weighted by Gasteiger charge is 2.17. The van der Waals surface area contributed by atoms with Crippen LogP contribution < -0.4 is 4.74 Å². The monoisotopic (exact) mass is 400 g/mol. The quantitative estimate of drug-likeness (QED) is 0.599. The summed E-state index contributed by atoms with van der Waals surface area (Å²) in [5.74, 6) is 0.640. The molecule has 20 heavy (non-hydrogen) atoms. The molecule has 0 spiro atoms. The second-order valence-corrected chi connectivity index (χ2v) is 6.40. The first-order chi connectivity index (χ1) is 9.45. The molecule has 0 aromatic heterocycles. The molecule has 0 fully saturated rings. The molecule has 4 heteroatoms. The molecule has 1 unspecified atom stereocenters. The van der Waals surface area contributed by atoms with Crippen LogP contribution in [0, 0.1) is 19.7 Å². The maximum absolute atomic E-state index is 13.6. The molecule has 1 atom stereocenters. The van der Waals surface area contributed by atoms with Gasteiger partial charge in [0, 0.05) is 0 Å². The molecule has 106 valence electrons. The SMILES string of the molecule is COc1c(C)cc(C(Br)c2cccc(F)c2Br)cc1C. The lowest BCUT2D eigenvalue weighted by molar-refractivity contribution is 0.408. The van der Waals surface area contributed by atoms with E-state index in [1.54, 1.807) is 13.2 Å². The Labute approximate surface area is 135 Å². The third-order valence-corrected chi connectivity index (χ3v) is 5.09. The Morgan fingerprint density at radius 1 is 1.15 bits per heavy atom. The topological polar surface area (TPSA) is 9.23 Å². The average molecular weight is 402 g/mol. The van der Waals surface area contributed by atoms with E-state index in [4.69, 9.17) is 4.74 Å². The van der Waals surface area contributed by atoms with Crippen molar-refractivity contribution in [3.05, 3.63) is 62.9 Å². The van der Waals surface area contributed by atoms with Gasteiger partial charge in [-0.15, -0.1) is 0 Å². The fourth-order valence-corrected chi connectivity index (χ4v) is 3.79. The number of ether oxygens (including phenoxy) is 1. The average Bonchev–Trinajstić information content (AvgIpc) is 2.41. The minimum atomic E-state index is -0.256. The predicted molar refractivity (Wildman–Crippen MR) is 87.3 cm³/mol. The van der Waals surface area contributed by atoms with E-state index in [9.17, 15) is 4.39 Å². The first-order valence-electron chi connectivity index (χ1n) is 6.18. The molecule has 0 aliphatic carbocycles. The van der Waals surface area contributed by atoms with Crippen molar-refractivity contribution >= 4 is 31.9 Å².